The molecule has 1 heterocycles. The number of hydrogen-bond donors (Lipinski definition) is 2. The van der Waals surface area contributed by atoms with Crippen LogP contribution in [0.4, 0.5) is 5.69 Å². The number of Topliss-reactive ketones (excluding diaryl/α,β-unsaturated/α-hetero) is 1. The number of esters is 1. The van der Waals surface area contributed by atoms with Gasteiger partial charge in [-0.2, -0.15) is 0 Å². The summed E-state index contributed by atoms with van der Waals surface area (Å²) in [4.78, 5) is 57.9. The molecule has 0 fully saturated rings. The van der Waals surface area contributed by atoms with E-state index in [0.717, 1.165) is 18.6 Å². The number of non-ortho nitro benzene ring substituents is 1. The molecule has 0 aliphatic carbocycles. The first kappa shape index (κ1) is 24.2. The van der Waals surface area contributed by atoms with Crippen molar-refractivity contribution in [3.05, 3.63) is 63.7 Å². The van der Waals surface area contributed by atoms with E-state index < -0.39 is 29.3 Å². The molecule has 2 aromatic carbocycles. The highest BCUT2D eigenvalue weighted by Gasteiger charge is 2.16. The van der Waals surface area contributed by atoms with Gasteiger partial charge in [-0.1, -0.05) is 0 Å². The zero-order chi connectivity index (χ0) is 24.5. The topological polar surface area (TPSA) is 163 Å². The highest BCUT2D eigenvalue weighted by Crippen LogP contribution is 2.30. The smallest absolute Gasteiger partial charge is 0.306 e. The number of hydrogen-bond acceptors (Lipinski definition) is 9. The Labute approximate surface area is 193 Å². The predicted octanol–water partition coefficient (Wildman–Crippen LogP) is 1.72. The van der Waals surface area contributed by atoms with Gasteiger partial charge >= 0.3 is 5.97 Å². The van der Waals surface area contributed by atoms with E-state index in [0.29, 0.717) is 30.3 Å². The molecule has 2 N–H and O–H groups in total. The highest BCUT2D eigenvalue weighted by atomic mass is 16.6. The number of ketones is 1. The number of fused-ring (bicyclic) bond motifs is 1. The molecule has 1 aliphatic heterocycles. The zero-order valence-electron chi connectivity index (χ0n) is 17.9. The first-order valence-corrected chi connectivity index (χ1v) is 10.3. The van der Waals surface area contributed by atoms with Crippen molar-refractivity contribution < 1.29 is 38.3 Å². The lowest BCUT2D eigenvalue weighted by Gasteiger charge is -2.09. The molecule has 0 aromatic heterocycles. The Bertz CT molecular complexity index is 1100. The van der Waals surface area contributed by atoms with Crippen molar-refractivity contribution in [1.82, 2.24) is 10.9 Å². The van der Waals surface area contributed by atoms with Gasteiger partial charge in [0.1, 0.15) is 0 Å². The van der Waals surface area contributed by atoms with E-state index in [9.17, 15) is 29.3 Å². The Kier molecular flexibility index (Phi) is 8.11. The molecule has 0 bridgehead atoms. The van der Waals surface area contributed by atoms with Crippen molar-refractivity contribution in [2.24, 2.45) is 0 Å². The molecule has 0 atom stereocenters. The fourth-order valence-electron chi connectivity index (χ4n) is 2.88. The summed E-state index contributed by atoms with van der Waals surface area (Å²) in [7, 11) is 0. The molecule has 1 aliphatic rings. The van der Waals surface area contributed by atoms with Crippen molar-refractivity contribution in [3.63, 3.8) is 0 Å². The molecule has 0 saturated carbocycles. The third-order valence-electron chi connectivity index (χ3n) is 4.65. The number of ether oxygens (including phenoxy) is 3. The molecule has 0 radical (unpaired) electrons. The fourth-order valence-corrected chi connectivity index (χ4v) is 2.88. The Hall–Kier alpha value is -4.48. The predicted molar refractivity (Wildman–Crippen MR) is 115 cm³/mol. The van der Waals surface area contributed by atoms with Crippen molar-refractivity contribution >= 4 is 29.3 Å². The van der Waals surface area contributed by atoms with Gasteiger partial charge in [-0.15, -0.1) is 0 Å². The lowest BCUT2D eigenvalue weighted by atomic mass is 10.1. The minimum atomic E-state index is -0.808. The van der Waals surface area contributed by atoms with E-state index in [1.165, 1.54) is 12.1 Å². The third-order valence-corrected chi connectivity index (χ3v) is 4.65. The molecular formula is C22H21N3O9. The third kappa shape index (κ3) is 6.76. The monoisotopic (exact) mass is 471 g/mol. The van der Waals surface area contributed by atoms with Crippen molar-refractivity contribution in [3.8, 4) is 11.5 Å². The fraction of sp³-hybridized carbons (Fsp3) is 0.273. The highest BCUT2D eigenvalue weighted by molar-refractivity contribution is 5.98. The molecule has 2 amide bonds. The molecule has 0 unspecified atom stereocenters. The Morgan fingerprint density at radius 3 is 2.29 bits per heavy atom. The molecule has 2 aromatic rings. The number of carbonyl (C=O) groups is 4. The van der Waals surface area contributed by atoms with Gasteiger partial charge in [0.05, 0.1) is 24.6 Å². The van der Waals surface area contributed by atoms with Crippen LogP contribution in [0.15, 0.2) is 42.5 Å². The maximum Gasteiger partial charge on any atom is 0.306 e. The number of carbonyl (C=O) groups excluding carboxylic acids is 4. The van der Waals surface area contributed by atoms with E-state index in [-0.39, 0.29) is 29.9 Å². The standard InChI is InChI=1S/C22H21N3O9/c26-17(15-4-8-18-19(12-15)33-11-1-10-32-18)7-9-21(28)34-13-20(27)23-24-22(29)14-2-5-16(6-3-14)25(30)31/h2-6,8,12H,1,7,9-11,13H2,(H,23,27)(H,24,29). The summed E-state index contributed by atoms with van der Waals surface area (Å²) in [5.41, 5.74) is 4.41. The second-order valence-electron chi connectivity index (χ2n) is 7.10. The van der Waals surface area contributed by atoms with Crippen LogP contribution in [-0.4, -0.2) is 48.3 Å². The molecule has 178 valence electrons. The minimum absolute atomic E-state index is 0.0798. The molecule has 12 heteroatoms. The average Bonchev–Trinajstić information content (AvgIpc) is 3.09. The zero-order valence-corrected chi connectivity index (χ0v) is 17.9. The van der Waals surface area contributed by atoms with Crippen LogP contribution in [0.25, 0.3) is 0 Å². The number of nitro benzene ring substituents is 1. The van der Waals surface area contributed by atoms with Crippen molar-refractivity contribution in [2.45, 2.75) is 19.3 Å². The summed E-state index contributed by atoms with van der Waals surface area (Å²) in [6, 6.07) is 9.53. The largest absolute Gasteiger partial charge is 0.490 e. The molecule has 12 nitrogen and oxygen atoms in total. The number of nitrogens with zero attached hydrogens (tertiary/aromatic N) is 1. The normalized spacial score (nSPS) is 12.1. The molecule has 3 rings (SSSR count). The SMILES string of the molecule is O=C(COC(=O)CCC(=O)c1ccc2c(c1)OCCCO2)NNC(=O)c1ccc([N+](=O)[O-])cc1. The van der Waals surface area contributed by atoms with Crippen LogP contribution >= 0.6 is 0 Å². The van der Waals surface area contributed by atoms with Crippen LogP contribution in [0.5, 0.6) is 11.5 Å². The number of nitro groups is 1. The summed E-state index contributed by atoms with van der Waals surface area (Å²) in [5.74, 6) is -1.56. The van der Waals surface area contributed by atoms with Crippen molar-refractivity contribution in [2.75, 3.05) is 19.8 Å². The second-order valence-corrected chi connectivity index (χ2v) is 7.10. The van der Waals surface area contributed by atoms with Crippen LogP contribution < -0.4 is 20.3 Å². The molecule has 34 heavy (non-hydrogen) atoms. The molecule has 0 saturated heterocycles. The first-order chi connectivity index (χ1) is 16.3. The van der Waals surface area contributed by atoms with Gasteiger partial charge in [0, 0.05) is 36.1 Å². The summed E-state index contributed by atoms with van der Waals surface area (Å²) >= 11 is 0. The van der Waals surface area contributed by atoms with Gasteiger partial charge in [-0.3, -0.25) is 40.1 Å². The Morgan fingerprint density at radius 1 is 0.912 bits per heavy atom. The van der Waals surface area contributed by atoms with E-state index in [1.807, 2.05) is 0 Å². The summed E-state index contributed by atoms with van der Waals surface area (Å²) < 4.78 is 15.9. The van der Waals surface area contributed by atoms with E-state index in [1.54, 1.807) is 18.2 Å². The number of hydrazine groups is 1. The molecule has 0 spiro atoms. The van der Waals surface area contributed by atoms with Gasteiger partial charge in [-0.25, -0.2) is 0 Å². The van der Waals surface area contributed by atoms with Crippen LogP contribution in [0.3, 0.4) is 0 Å². The summed E-state index contributed by atoms with van der Waals surface area (Å²) in [6.07, 6.45) is 0.366. The average molecular weight is 471 g/mol. The lowest BCUT2D eigenvalue weighted by Crippen LogP contribution is -2.43. The van der Waals surface area contributed by atoms with Crippen LogP contribution in [0.1, 0.15) is 40.0 Å². The number of amides is 2. The molecular weight excluding hydrogens is 450 g/mol. The van der Waals surface area contributed by atoms with Crippen LogP contribution in [-0.2, 0) is 14.3 Å². The first-order valence-electron chi connectivity index (χ1n) is 10.3. The van der Waals surface area contributed by atoms with Crippen molar-refractivity contribution in [1.29, 1.82) is 0 Å². The Morgan fingerprint density at radius 2 is 1.59 bits per heavy atom. The quantitative estimate of drug-likeness (QED) is 0.252. The van der Waals surface area contributed by atoms with Gasteiger partial charge in [-0.05, 0) is 30.3 Å². The number of rotatable bonds is 8. The summed E-state index contributed by atoms with van der Waals surface area (Å²) in [6.45, 7) is 0.339. The van der Waals surface area contributed by atoms with Crippen LogP contribution in [0, 0.1) is 10.1 Å². The lowest BCUT2D eigenvalue weighted by molar-refractivity contribution is -0.384. The van der Waals surface area contributed by atoms with Gasteiger partial charge in [0.2, 0.25) is 0 Å². The van der Waals surface area contributed by atoms with Crippen LogP contribution in [0.2, 0.25) is 0 Å². The number of benzene rings is 2. The summed E-state index contributed by atoms with van der Waals surface area (Å²) in [5, 5.41) is 10.6. The van der Waals surface area contributed by atoms with Gasteiger partial charge in [0.15, 0.2) is 23.9 Å². The maximum atomic E-state index is 12.4. The Balaban J connectivity index is 1.37. The van der Waals surface area contributed by atoms with E-state index in [2.05, 4.69) is 10.9 Å². The van der Waals surface area contributed by atoms with E-state index in [4.69, 9.17) is 14.2 Å². The van der Waals surface area contributed by atoms with E-state index >= 15 is 0 Å². The maximum absolute atomic E-state index is 12.4. The van der Waals surface area contributed by atoms with Gasteiger partial charge < -0.3 is 14.2 Å². The van der Waals surface area contributed by atoms with Gasteiger partial charge in [0.25, 0.3) is 17.5 Å². The second kappa shape index (κ2) is 11.4. The number of nitrogens with one attached hydrogen (secondary N) is 2. The minimum Gasteiger partial charge on any atom is -0.490 e.